The molecule has 1 heterocycles. The Morgan fingerprint density at radius 2 is 1.65 bits per heavy atom. The second-order valence-corrected chi connectivity index (χ2v) is 6.29. The van der Waals surface area contributed by atoms with Gasteiger partial charge in [-0.25, -0.2) is 0 Å². The number of ketones is 1. The second kappa shape index (κ2) is 5.28. The summed E-state index contributed by atoms with van der Waals surface area (Å²) in [5, 5.41) is 0.991. The number of likely N-dealkylation sites (N-methyl/N-ethyl adjacent to an activating group) is 1. The van der Waals surface area contributed by atoms with E-state index in [1.54, 1.807) is 0 Å². The van der Waals surface area contributed by atoms with E-state index in [0.717, 1.165) is 51.8 Å². The Bertz CT molecular complexity index is 928. The van der Waals surface area contributed by atoms with Gasteiger partial charge in [-0.15, -0.1) is 0 Å². The van der Waals surface area contributed by atoms with Crippen LogP contribution in [0, 0.1) is 0 Å². The lowest BCUT2D eigenvalue weighted by atomic mass is 9.84. The molecule has 4 rings (SSSR count). The first-order valence-electron chi connectivity index (χ1n) is 7.86. The lowest BCUT2D eigenvalue weighted by Crippen LogP contribution is -2.16. The van der Waals surface area contributed by atoms with Gasteiger partial charge in [0.1, 0.15) is 0 Å². The Morgan fingerprint density at radius 1 is 0.913 bits per heavy atom. The first-order valence-corrected chi connectivity index (χ1v) is 7.86. The highest BCUT2D eigenvalue weighted by atomic mass is 16.1. The number of hydrogen-bond acceptors (Lipinski definition) is 3. The first kappa shape index (κ1) is 14.1. The minimum atomic E-state index is 0.0986. The molecule has 1 aliphatic carbocycles. The maximum atomic E-state index is 12.8. The fourth-order valence-electron chi connectivity index (χ4n) is 3.27. The van der Waals surface area contributed by atoms with Crippen LogP contribution in [0.5, 0.6) is 0 Å². The minimum absolute atomic E-state index is 0.0986. The zero-order valence-electron chi connectivity index (χ0n) is 13.3. The molecule has 1 aliphatic rings. The van der Waals surface area contributed by atoms with Crippen molar-refractivity contribution < 1.29 is 4.79 Å². The molecular weight excluding hydrogens is 284 g/mol. The Kier molecular flexibility index (Phi) is 3.24. The van der Waals surface area contributed by atoms with Crippen LogP contribution in [-0.2, 0) is 6.42 Å². The van der Waals surface area contributed by atoms with Crippen molar-refractivity contribution in [2.45, 2.75) is 6.42 Å². The highest BCUT2D eigenvalue weighted by Crippen LogP contribution is 2.39. The topological polar surface area (TPSA) is 33.2 Å². The van der Waals surface area contributed by atoms with E-state index in [-0.39, 0.29) is 5.78 Å². The quantitative estimate of drug-likeness (QED) is 0.580. The van der Waals surface area contributed by atoms with Crippen molar-refractivity contribution in [3.63, 3.8) is 0 Å². The maximum absolute atomic E-state index is 12.8. The molecule has 0 saturated carbocycles. The summed E-state index contributed by atoms with van der Waals surface area (Å²) in [6.07, 6.45) is 0.899. The van der Waals surface area contributed by atoms with E-state index in [2.05, 4.69) is 25.1 Å². The summed E-state index contributed by atoms with van der Waals surface area (Å²) < 4.78 is 0. The molecule has 0 bridgehead atoms. The SMILES string of the molecule is CN(C)CCc1cc2c3c(cccc3n1)C(=O)c1ccccc1-2. The van der Waals surface area contributed by atoms with E-state index in [4.69, 9.17) is 4.98 Å². The van der Waals surface area contributed by atoms with Crippen molar-refractivity contribution in [2.24, 2.45) is 0 Å². The molecule has 3 nitrogen and oxygen atoms in total. The maximum Gasteiger partial charge on any atom is 0.194 e. The molecule has 0 atom stereocenters. The molecule has 2 aromatic carbocycles. The molecule has 0 unspecified atom stereocenters. The van der Waals surface area contributed by atoms with Crippen LogP contribution in [0.3, 0.4) is 0 Å². The number of carbonyl (C=O) groups is 1. The fourth-order valence-corrected chi connectivity index (χ4v) is 3.27. The third kappa shape index (κ3) is 2.25. The molecule has 3 heteroatoms. The Labute approximate surface area is 135 Å². The fraction of sp³-hybridized carbons (Fsp3) is 0.200. The Balaban J connectivity index is 1.99. The predicted octanol–water partition coefficient (Wildman–Crippen LogP) is 3.55. The van der Waals surface area contributed by atoms with Gasteiger partial charge in [0, 0.05) is 35.2 Å². The highest BCUT2D eigenvalue weighted by Gasteiger charge is 2.25. The molecule has 3 aromatic rings. The third-order valence-corrected chi connectivity index (χ3v) is 4.41. The van der Waals surface area contributed by atoms with E-state index < -0.39 is 0 Å². The van der Waals surface area contributed by atoms with Gasteiger partial charge in [0.25, 0.3) is 0 Å². The van der Waals surface area contributed by atoms with Gasteiger partial charge >= 0.3 is 0 Å². The van der Waals surface area contributed by atoms with Crippen LogP contribution < -0.4 is 0 Å². The average Bonchev–Trinajstić information content (AvgIpc) is 2.57. The van der Waals surface area contributed by atoms with Gasteiger partial charge in [0.15, 0.2) is 5.78 Å². The molecule has 0 spiro atoms. The van der Waals surface area contributed by atoms with Crippen LogP contribution in [-0.4, -0.2) is 36.3 Å². The number of rotatable bonds is 3. The number of fused-ring (bicyclic) bond motifs is 2. The molecule has 0 aliphatic heterocycles. The molecule has 23 heavy (non-hydrogen) atoms. The summed E-state index contributed by atoms with van der Waals surface area (Å²) >= 11 is 0. The summed E-state index contributed by atoms with van der Waals surface area (Å²) in [5.41, 5.74) is 5.70. The lowest BCUT2D eigenvalue weighted by Gasteiger charge is -2.20. The van der Waals surface area contributed by atoms with Crippen molar-refractivity contribution in [1.29, 1.82) is 0 Å². The largest absolute Gasteiger partial charge is 0.309 e. The van der Waals surface area contributed by atoms with Crippen molar-refractivity contribution in [1.82, 2.24) is 9.88 Å². The second-order valence-electron chi connectivity index (χ2n) is 6.29. The van der Waals surface area contributed by atoms with Crippen LogP contribution >= 0.6 is 0 Å². The van der Waals surface area contributed by atoms with Crippen molar-refractivity contribution in [3.8, 4) is 11.1 Å². The summed E-state index contributed by atoms with van der Waals surface area (Å²) in [5.74, 6) is 0.0986. The number of nitrogens with zero attached hydrogens (tertiary/aromatic N) is 2. The Hall–Kier alpha value is -2.52. The van der Waals surface area contributed by atoms with Crippen molar-refractivity contribution in [3.05, 3.63) is 65.4 Å². The molecule has 114 valence electrons. The van der Waals surface area contributed by atoms with E-state index >= 15 is 0 Å². The normalized spacial score (nSPS) is 12.7. The van der Waals surface area contributed by atoms with Crippen LogP contribution in [0.1, 0.15) is 21.6 Å². The Morgan fingerprint density at radius 3 is 2.43 bits per heavy atom. The van der Waals surface area contributed by atoms with E-state index in [1.807, 2.05) is 42.5 Å². The molecule has 0 N–H and O–H groups in total. The predicted molar refractivity (Wildman–Crippen MR) is 92.9 cm³/mol. The summed E-state index contributed by atoms with van der Waals surface area (Å²) in [7, 11) is 4.13. The van der Waals surface area contributed by atoms with Crippen LogP contribution in [0.15, 0.2) is 48.5 Å². The van der Waals surface area contributed by atoms with Crippen LogP contribution in [0.4, 0.5) is 0 Å². The number of benzene rings is 2. The summed E-state index contributed by atoms with van der Waals surface area (Å²) in [4.78, 5) is 19.7. The van der Waals surface area contributed by atoms with E-state index in [0.29, 0.717) is 0 Å². The number of hydrogen-bond donors (Lipinski definition) is 0. The van der Waals surface area contributed by atoms with Crippen molar-refractivity contribution >= 4 is 16.7 Å². The van der Waals surface area contributed by atoms with Gasteiger partial charge in [-0.1, -0.05) is 36.4 Å². The molecule has 0 saturated heterocycles. The van der Waals surface area contributed by atoms with E-state index in [9.17, 15) is 4.79 Å². The molecule has 1 aromatic heterocycles. The average molecular weight is 302 g/mol. The van der Waals surface area contributed by atoms with Gasteiger partial charge in [-0.3, -0.25) is 9.78 Å². The summed E-state index contributed by atoms with van der Waals surface area (Å²) in [6, 6.07) is 15.9. The zero-order chi connectivity index (χ0) is 16.0. The number of carbonyl (C=O) groups excluding carboxylic acids is 1. The highest BCUT2D eigenvalue weighted by molar-refractivity contribution is 6.25. The monoisotopic (exact) mass is 302 g/mol. The summed E-state index contributed by atoms with van der Waals surface area (Å²) in [6.45, 7) is 0.957. The van der Waals surface area contributed by atoms with Gasteiger partial charge in [0.2, 0.25) is 0 Å². The molecule has 0 fully saturated rings. The molecular formula is C20H18N2O. The van der Waals surface area contributed by atoms with Gasteiger partial charge in [-0.05, 0) is 37.4 Å². The standard InChI is InChI=1S/C20H18N2O/c1-22(2)11-10-13-12-17-14-6-3-4-7-15(14)20(23)16-8-5-9-18(21-13)19(16)17/h3-9,12H,10-11H2,1-2H3. The lowest BCUT2D eigenvalue weighted by molar-refractivity contribution is 0.104. The third-order valence-electron chi connectivity index (χ3n) is 4.41. The minimum Gasteiger partial charge on any atom is -0.309 e. The van der Waals surface area contributed by atoms with Gasteiger partial charge < -0.3 is 4.90 Å². The smallest absolute Gasteiger partial charge is 0.194 e. The number of pyridine rings is 1. The van der Waals surface area contributed by atoms with Crippen LogP contribution in [0.2, 0.25) is 0 Å². The van der Waals surface area contributed by atoms with Crippen molar-refractivity contribution in [2.75, 3.05) is 20.6 Å². The zero-order valence-corrected chi connectivity index (χ0v) is 13.3. The molecule has 0 radical (unpaired) electrons. The first-order chi connectivity index (χ1) is 11.1. The van der Waals surface area contributed by atoms with Gasteiger partial charge in [-0.2, -0.15) is 0 Å². The van der Waals surface area contributed by atoms with Crippen LogP contribution in [0.25, 0.3) is 22.0 Å². The number of aromatic nitrogens is 1. The van der Waals surface area contributed by atoms with Gasteiger partial charge in [0.05, 0.1) is 5.52 Å². The van der Waals surface area contributed by atoms with E-state index in [1.165, 1.54) is 0 Å². The molecule has 0 amide bonds.